The molecule has 148 valence electrons. The van der Waals surface area contributed by atoms with Crippen LogP contribution in [0.5, 0.6) is 0 Å². The summed E-state index contributed by atoms with van der Waals surface area (Å²) in [6.45, 7) is 5.52. The van der Waals surface area contributed by atoms with Gasteiger partial charge in [0.25, 0.3) is 0 Å². The minimum absolute atomic E-state index is 0. The first-order valence-electron chi connectivity index (χ1n) is 9.13. The number of halogens is 1. The van der Waals surface area contributed by atoms with Crippen molar-refractivity contribution in [2.45, 2.75) is 26.8 Å². The maximum atomic E-state index is 4.61. The zero-order chi connectivity index (χ0) is 19.1. The van der Waals surface area contributed by atoms with Crippen LogP contribution in [0.1, 0.15) is 22.6 Å². The molecule has 0 spiro atoms. The van der Waals surface area contributed by atoms with E-state index in [0.29, 0.717) is 6.54 Å². The fourth-order valence-corrected chi connectivity index (χ4v) is 2.99. The maximum Gasteiger partial charge on any atom is 0.191 e. The van der Waals surface area contributed by atoms with E-state index in [2.05, 4.69) is 50.8 Å². The first-order chi connectivity index (χ1) is 13.2. The molecule has 3 rings (SSSR count). The minimum atomic E-state index is 0. The second-order valence-corrected chi connectivity index (χ2v) is 6.39. The van der Waals surface area contributed by atoms with Crippen LogP contribution in [-0.2, 0) is 13.0 Å². The molecule has 0 radical (unpaired) electrons. The predicted octanol–water partition coefficient (Wildman–Crippen LogP) is 3.41. The maximum absolute atomic E-state index is 4.61. The Morgan fingerprint density at radius 2 is 1.86 bits per heavy atom. The number of aromatic nitrogens is 3. The van der Waals surface area contributed by atoms with E-state index in [-0.39, 0.29) is 24.0 Å². The molecule has 0 aliphatic carbocycles. The molecule has 0 unspecified atom stereocenters. The van der Waals surface area contributed by atoms with Crippen molar-refractivity contribution < 1.29 is 0 Å². The number of hydrogen-bond donors (Lipinski definition) is 2. The molecule has 0 fully saturated rings. The van der Waals surface area contributed by atoms with Gasteiger partial charge in [-0.15, -0.1) is 24.0 Å². The molecule has 0 aliphatic rings. The Hall–Kier alpha value is -2.42. The van der Waals surface area contributed by atoms with Gasteiger partial charge in [-0.2, -0.15) is 5.10 Å². The van der Waals surface area contributed by atoms with Gasteiger partial charge in [-0.05, 0) is 43.7 Å². The molecule has 0 saturated carbocycles. The number of hydrogen-bond acceptors (Lipinski definition) is 3. The monoisotopic (exact) mass is 490 g/mol. The van der Waals surface area contributed by atoms with Gasteiger partial charge in [-0.1, -0.05) is 24.3 Å². The average molecular weight is 490 g/mol. The Morgan fingerprint density at radius 1 is 1.07 bits per heavy atom. The molecule has 0 atom stereocenters. The van der Waals surface area contributed by atoms with Gasteiger partial charge in [0, 0.05) is 44.1 Å². The lowest BCUT2D eigenvalue weighted by Crippen LogP contribution is -2.38. The standard InChI is InChI=1S/C21H26N6.HI/c1-16-14-17(2)27(26-16)20-10-5-4-8-18(20)15-25-21(22-3)24-13-11-19-9-6-7-12-23-19;/h4-10,12,14H,11,13,15H2,1-3H3,(H2,22,24,25);1H. The van der Waals surface area contributed by atoms with Crippen molar-refractivity contribution in [3.8, 4) is 5.69 Å². The van der Waals surface area contributed by atoms with Crippen molar-refractivity contribution >= 4 is 29.9 Å². The summed E-state index contributed by atoms with van der Waals surface area (Å²) in [6, 6.07) is 16.3. The average Bonchev–Trinajstić information content (AvgIpc) is 3.03. The summed E-state index contributed by atoms with van der Waals surface area (Å²) in [6.07, 6.45) is 2.67. The number of pyridine rings is 1. The third kappa shape index (κ3) is 5.79. The molecular formula is C21H27IN6. The second-order valence-electron chi connectivity index (χ2n) is 6.39. The third-order valence-electron chi connectivity index (χ3n) is 4.30. The zero-order valence-electron chi connectivity index (χ0n) is 16.5. The number of para-hydroxylation sites is 1. The fraction of sp³-hybridized carbons (Fsp3) is 0.286. The molecule has 1 aromatic carbocycles. The highest BCUT2D eigenvalue weighted by Gasteiger charge is 2.09. The molecular weight excluding hydrogens is 463 g/mol. The molecule has 2 aromatic heterocycles. The SMILES string of the molecule is CN=C(NCCc1ccccn1)NCc1ccccc1-n1nc(C)cc1C.I. The Balaban J connectivity index is 0.00000280. The van der Waals surface area contributed by atoms with Crippen LogP contribution >= 0.6 is 24.0 Å². The number of rotatable bonds is 6. The molecule has 28 heavy (non-hydrogen) atoms. The number of nitrogens with one attached hydrogen (secondary N) is 2. The topological polar surface area (TPSA) is 67.1 Å². The summed E-state index contributed by atoms with van der Waals surface area (Å²) in [7, 11) is 1.78. The highest BCUT2D eigenvalue weighted by molar-refractivity contribution is 14.0. The van der Waals surface area contributed by atoms with Crippen molar-refractivity contribution in [3.63, 3.8) is 0 Å². The molecule has 2 heterocycles. The van der Waals surface area contributed by atoms with Gasteiger partial charge >= 0.3 is 0 Å². The molecule has 0 amide bonds. The van der Waals surface area contributed by atoms with Crippen LogP contribution in [0.3, 0.4) is 0 Å². The lowest BCUT2D eigenvalue weighted by Gasteiger charge is -2.15. The Bertz CT molecular complexity index is 904. The summed E-state index contributed by atoms with van der Waals surface area (Å²) >= 11 is 0. The van der Waals surface area contributed by atoms with E-state index in [4.69, 9.17) is 0 Å². The molecule has 0 bridgehead atoms. The molecule has 2 N–H and O–H groups in total. The van der Waals surface area contributed by atoms with Gasteiger partial charge in [0.2, 0.25) is 0 Å². The first kappa shape index (κ1) is 21.9. The number of aliphatic imine (C=N–C) groups is 1. The van der Waals surface area contributed by atoms with E-state index in [0.717, 1.165) is 47.3 Å². The number of aryl methyl sites for hydroxylation is 2. The smallest absolute Gasteiger partial charge is 0.191 e. The lowest BCUT2D eigenvalue weighted by atomic mass is 10.1. The zero-order valence-corrected chi connectivity index (χ0v) is 18.8. The van der Waals surface area contributed by atoms with Gasteiger partial charge in [0.1, 0.15) is 0 Å². The summed E-state index contributed by atoms with van der Waals surface area (Å²) in [4.78, 5) is 8.65. The van der Waals surface area contributed by atoms with Crippen molar-refractivity contribution in [2.24, 2.45) is 4.99 Å². The van der Waals surface area contributed by atoms with E-state index in [9.17, 15) is 0 Å². The highest BCUT2D eigenvalue weighted by atomic mass is 127. The number of benzene rings is 1. The molecule has 6 nitrogen and oxygen atoms in total. The van der Waals surface area contributed by atoms with Crippen LogP contribution < -0.4 is 10.6 Å². The molecule has 0 saturated heterocycles. The fourth-order valence-electron chi connectivity index (χ4n) is 2.99. The van der Waals surface area contributed by atoms with Crippen LogP contribution in [0.4, 0.5) is 0 Å². The van der Waals surface area contributed by atoms with E-state index >= 15 is 0 Å². The van der Waals surface area contributed by atoms with Gasteiger partial charge in [-0.25, -0.2) is 4.68 Å². The second kappa shape index (κ2) is 10.8. The largest absolute Gasteiger partial charge is 0.356 e. The quantitative estimate of drug-likeness (QED) is 0.316. The van der Waals surface area contributed by atoms with Crippen molar-refractivity contribution in [2.75, 3.05) is 13.6 Å². The Kier molecular flexibility index (Phi) is 8.43. The Labute approximate surface area is 183 Å². The summed E-state index contributed by atoms with van der Waals surface area (Å²) in [5.41, 5.74) is 5.45. The van der Waals surface area contributed by atoms with E-state index in [1.54, 1.807) is 7.05 Å². The summed E-state index contributed by atoms with van der Waals surface area (Å²) in [5.74, 6) is 0.772. The third-order valence-corrected chi connectivity index (χ3v) is 4.30. The number of guanidine groups is 1. The lowest BCUT2D eigenvalue weighted by molar-refractivity contribution is 0.770. The molecule has 3 aromatic rings. The normalized spacial score (nSPS) is 11.0. The van der Waals surface area contributed by atoms with Crippen molar-refractivity contribution in [1.82, 2.24) is 25.4 Å². The minimum Gasteiger partial charge on any atom is -0.356 e. The summed E-state index contributed by atoms with van der Waals surface area (Å²) in [5, 5.41) is 11.3. The predicted molar refractivity (Wildman–Crippen MR) is 125 cm³/mol. The van der Waals surface area contributed by atoms with E-state index < -0.39 is 0 Å². The van der Waals surface area contributed by atoms with Crippen molar-refractivity contribution in [1.29, 1.82) is 0 Å². The first-order valence-corrected chi connectivity index (χ1v) is 9.13. The summed E-state index contributed by atoms with van der Waals surface area (Å²) < 4.78 is 1.99. The molecule has 7 heteroatoms. The van der Waals surface area contributed by atoms with Gasteiger partial charge in [0.15, 0.2) is 5.96 Å². The highest BCUT2D eigenvalue weighted by Crippen LogP contribution is 2.16. The van der Waals surface area contributed by atoms with Crippen LogP contribution in [-0.4, -0.2) is 34.3 Å². The molecule has 0 aliphatic heterocycles. The van der Waals surface area contributed by atoms with Crippen LogP contribution in [0.25, 0.3) is 5.69 Å². The van der Waals surface area contributed by atoms with Crippen molar-refractivity contribution in [3.05, 3.63) is 77.4 Å². The van der Waals surface area contributed by atoms with E-state index in [1.165, 1.54) is 0 Å². The Morgan fingerprint density at radius 3 is 2.54 bits per heavy atom. The number of nitrogens with zero attached hydrogens (tertiary/aromatic N) is 4. The van der Waals surface area contributed by atoms with Gasteiger partial charge in [-0.3, -0.25) is 9.98 Å². The van der Waals surface area contributed by atoms with Gasteiger partial charge in [0.05, 0.1) is 11.4 Å². The van der Waals surface area contributed by atoms with Gasteiger partial charge < -0.3 is 10.6 Å². The van der Waals surface area contributed by atoms with Crippen LogP contribution in [0.15, 0.2) is 59.7 Å². The van der Waals surface area contributed by atoms with E-state index in [1.807, 2.05) is 48.1 Å². The van der Waals surface area contributed by atoms with Crippen LogP contribution in [0, 0.1) is 13.8 Å². The van der Waals surface area contributed by atoms with Crippen LogP contribution in [0.2, 0.25) is 0 Å².